The molecule has 87 heavy (non-hydrogen) atoms. The highest BCUT2D eigenvalue weighted by Gasteiger charge is 2.44. The Kier molecular flexibility index (Phi) is 15.1. The second-order valence-electron chi connectivity index (χ2n) is 23.6. The molecule has 0 spiro atoms. The van der Waals surface area contributed by atoms with Gasteiger partial charge in [0.05, 0.1) is 11.0 Å². The molecule has 0 saturated carbocycles. The molecule has 1 aliphatic rings. The first-order chi connectivity index (χ1) is 43.0. The highest BCUT2D eigenvalue weighted by molar-refractivity contribution is 6.11. The standard InChI is InChI=1S/C85H70N2/c1-4-60-29-31-63(32-30-60)56-62(6-3)20-18-19-55-85(72-25-14-9-15-26-72)81-28-17-16-27-77(81)78-52-51-76(59-82(78)85)86(73-45-37-67(38-46-73)64-21-10-7-11-22-64)74-47-41-69(42-48-74)71-44-54-84-80(58-71)79-57-70(65-23-12-8-13-24-65)43-53-83(79)87(84)75-49-39-68(40-50-75)66-35-33-61(5-2)34-36-66/h4-5,7-17,21-54,57-59,62H,1-2,6,18-20,55-56H2,3H3. The number of anilines is 3. The zero-order chi connectivity index (χ0) is 58.7. The number of benzene rings is 12. The summed E-state index contributed by atoms with van der Waals surface area (Å²) < 4.78 is 2.42. The number of hydrogen-bond donors (Lipinski definition) is 0. The molecule has 1 heterocycles. The van der Waals surface area contributed by atoms with Crippen LogP contribution in [0, 0.1) is 5.92 Å². The van der Waals surface area contributed by atoms with Crippen molar-refractivity contribution in [1.82, 2.24) is 4.57 Å². The molecular weight excluding hydrogens is 1050 g/mol. The molecule has 0 saturated heterocycles. The summed E-state index contributed by atoms with van der Waals surface area (Å²) in [6.07, 6.45) is 10.6. The van der Waals surface area contributed by atoms with Crippen LogP contribution in [-0.4, -0.2) is 4.57 Å². The molecule has 14 rings (SSSR count). The predicted molar refractivity (Wildman–Crippen MR) is 372 cm³/mol. The van der Waals surface area contributed by atoms with Gasteiger partial charge in [-0.25, -0.2) is 0 Å². The third-order valence-electron chi connectivity index (χ3n) is 18.6. The first kappa shape index (κ1) is 54.6. The molecule has 2 unspecified atom stereocenters. The fourth-order valence-corrected chi connectivity index (χ4v) is 13.9. The first-order valence-electron chi connectivity index (χ1n) is 31.0. The largest absolute Gasteiger partial charge is 0.310 e. The molecule has 0 radical (unpaired) electrons. The molecule has 12 aromatic carbocycles. The normalized spacial score (nSPS) is 13.7. The minimum absolute atomic E-state index is 0.330. The maximum Gasteiger partial charge on any atom is 0.0541 e. The summed E-state index contributed by atoms with van der Waals surface area (Å²) in [6.45, 7) is 10.3. The summed E-state index contributed by atoms with van der Waals surface area (Å²) in [5.41, 5.74) is 26.5. The number of aromatic nitrogens is 1. The van der Waals surface area contributed by atoms with E-state index in [9.17, 15) is 0 Å². The average Bonchev–Trinajstić information content (AvgIpc) is 2.01. The van der Waals surface area contributed by atoms with Gasteiger partial charge in [-0.05, 0) is 181 Å². The van der Waals surface area contributed by atoms with E-state index < -0.39 is 0 Å². The summed E-state index contributed by atoms with van der Waals surface area (Å²) in [5, 5.41) is 2.44. The highest BCUT2D eigenvalue weighted by atomic mass is 15.1. The Bertz CT molecular complexity index is 4560. The molecule has 0 fully saturated rings. The maximum atomic E-state index is 3.97. The third-order valence-corrected chi connectivity index (χ3v) is 18.6. The van der Waals surface area contributed by atoms with Gasteiger partial charge in [-0.2, -0.15) is 0 Å². The summed E-state index contributed by atoms with van der Waals surface area (Å²) in [5.74, 6) is 0.634. The van der Waals surface area contributed by atoms with Gasteiger partial charge in [0.25, 0.3) is 0 Å². The van der Waals surface area contributed by atoms with Crippen LogP contribution >= 0.6 is 0 Å². The van der Waals surface area contributed by atoms with E-state index in [0.29, 0.717) is 5.92 Å². The Hall–Kier alpha value is -10.3. The van der Waals surface area contributed by atoms with Crippen LogP contribution in [0.15, 0.2) is 304 Å². The summed E-state index contributed by atoms with van der Waals surface area (Å²) in [6, 6.07) is 108. The first-order valence-corrected chi connectivity index (χ1v) is 31.0. The van der Waals surface area contributed by atoms with E-state index in [1.54, 1.807) is 0 Å². The van der Waals surface area contributed by atoms with E-state index in [1.807, 2.05) is 12.2 Å². The molecule has 0 amide bonds. The van der Waals surface area contributed by atoms with Gasteiger partial charge in [0.1, 0.15) is 0 Å². The molecule has 420 valence electrons. The van der Waals surface area contributed by atoms with E-state index in [0.717, 1.165) is 53.1 Å². The van der Waals surface area contributed by atoms with Crippen LogP contribution in [0.3, 0.4) is 0 Å². The van der Waals surface area contributed by atoms with Gasteiger partial charge in [0.15, 0.2) is 0 Å². The van der Waals surface area contributed by atoms with Crippen LogP contribution in [0.1, 0.15) is 72.4 Å². The van der Waals surface area contributed by atoms with Crippen LogP contribution < -0.4 is 4.90 Å². The van der Waals surface area contributed by atoms with Gasteiger partial charge in [0.2, 0.25) is 0 Å². The van der Waals surface area contributed by atoms with Gasteiger partial charge in [-0.3, -0.25) is 0 Å². The van der Waals surface area contributed by atoms with Crippen LogP contribution in [0.2, 0.25) is 0 Å². The van der Waals surface area contributed by atoms with Crippen LogP contribution in [0.25, 0.3) is 95.3 Å². The molecule has 1 aromatic heterocycles. The number of nitrogens with zero attached hydrogens (tertiary/aromatic N) is 2. The molecule has 2 nitrogen and oxygen atoms in total. The lowest BCUT2D eigenvalue weighted by Crippen LogP contribution is -2.27. The van der Waals surface area contributed by atoms with Gasteiger partial charge >= 0.3 is 0 Å². The predicted octanol–water partition coefficient (Wildman–Crippen LogP) is 23.4. The maximum absolute atomic E-state index is 3.97. The number of fused-ring (bicyclic) bond motifs is 6. The monoisotopic (exact) mass is 1120 g/mol. The van der Waals surface area contributed by atoms with E-state index in [2.05, 4.69) is 321 Å². The Morgan fingerprint density at radius 3 is 1.41 bits per heavy atom. The van der Waals surface area contributed by atoms with Crippen LogP contribution in [0.5, 0.6) is 0 Å². The second kappa shape index (κ2) is 24.0. The molecular formula is C85H70N2. The number of hydrogen-bond acceptors (Lipinski definition) is 1. The van der Waals surface area contributed by atoms with Gasteiger partial charge in [-0.1, -0.05) is 276 Å². The molecule has 13 aromatic rings. The van der Waals surface area contributed by atoms with Crippen LogP contribution in [-0.2, 0) is 11.8 Å². The molecule has 0 bridgehead atoms. The van der Waals surface area contributed by atoms with Crippen LogP contribution in [0.4, 0.5) is 17.1 Å². The number of rotatable bonds is 19. The quantitative estimate of drug-likeness (QED) is 0.0733. The Balaban J connectivity index is 0.843. The lowest BCUT2D eigenvalue weighted by Gasteiger charge is -2.34. The summed E-state index contributed by atoms with van der Waals surface area (Å²) in [7, 11) is 0. The highest BCUT2D eigenvalue weighted by Crippen LogP contribution is 2.56. The van der Waals surface area contributed by atoms with Crippen molar-refractivity contribution >= 4 is 51.0 Å². The van der Waals surface area contributed by atoms with E-state index in [4.69, 9.17) is 0 Å². The zero-order valence-electron chi connectivity index (χ0n) is 49.5. The van der Waals surface area contributed by atoms with Crippen molar-refractivity contribution in [3.63, 3.8) is 0 Å². The van der Waals surface area contributed by atoms with Crippen molar-refractivity contribution in [1.29, 1.82) is 0 Å². The lowest BCUT2D eigenvalue weighted by atomic mass is 9.69. The topological polar surface area (TPSA) is 8.17 Å². The second-order valence-corrected chi connectivity index (χ2v) is 23.6. The Labute approximate surface area is 513 Å². The van der Waals surface area contributed by atoms with Crippen molar-refractivity contribution in [3.05, 3.63) is 338 Å². The number of unbranched alkanes of at least 4 members (excludes halogenated alkanes) is 1. The lowest BCUT2D eigenvalue weighted by molar-refractivity contribution is 0.423. The molecule has 0 N–H and O–H groups in total. The Morgan fingerprint density at radius 2 is 0.851 bits per heavy atom. The van der Waals surface area contributed by atoms with Gasteiger partial charge in [0, 0.05) is 38.9 Å². The van der Waals surface area contributed by atoms with Crippen molar-refractivity contribution in [2.24, 2.45) is 5.92 Å². The zero-order valence-corrected chi connectivity index (χ0v) is 49.5. The molecule has 0 aliphatic heterocycles. The van der Waals surface area contributed by atoms with Gasteiger partial charge < -0.3 is 9.47 Å². The fourth-order valence-electron chi connectivity index (χ4n) is 13.9. The van der Waals surface area contributed by atoms with Crippen molar-refractivity contribution in [2.45, 2.75) is 50.9 Å². The minimum Gasteiger partial charge on any atom is -0.310 e. The smallest absolute Gasteiger partial charge is 0.0541 e. The van der Waals surface area contributed by atoms with E-state index >= 15 is 0 Å². The molecule has 2 heteroatoms. The van der Waals surface area contributed by atoms with Crippen molar-refractivity contribution < 1.29 is 0 Å². The van der Waals surface area contributed by atoms with E-state index in [-0.39, 0.29) is 5.41 Å². The minimum atomic E-state index is -0.330. The van der Waals surface area contributed by atoms with E-state index in [1.165, 1.54) is 119 Å². The third kappa shape index (κ3) is 10.5. The SMILES string of the molecule is C=Cc1ccc(CC(CC)CCCCC2(c3ccccc3)c3ccccc3-c3ccc(N(c4ccc(-c5ccccc5)cc4)c4ccc(-c5ccc6c(c5)c5cc(-c7ccccc7)ccc5n6-c5ccc(-c6ccc(C=C)cc6)cc5)cc4)cc32)cc1. The fraction of sp³-hybridized carbons (Fsp3) is 0.106. The van der Waals surface area contributed by atoms with Gasteiger partial charge in [-0.15, -0.1) is 0 Å². The average molecular weight is 1120 g/mol. The Morgan fingerprint density at radius 1 is 0.402 bits per heavy atom. The van der Waals surface area contributed by atoms with Crippen molar-refractivity contribution in [2.75, 3.05) is 4.90 Å². The van der Waals surface area contributed by atoms with Crippen molar-refractivity contribution in [3.8, 4) is 61.3 Å². The summed E-state index contributed by atoms with van der Waals surface area (Å²) in [4.78, 5) is 2.47. The summed E-state index contributed by atoms with van der Waals surface area (Å²) >= 11 is 0. The molecule has 1 aliphatic carbocycles. The molecule has 2 atom stereocenters.